The minimum atomic E-state index is -0.540. The van der Waals surface area contributed by atoms with Gasteiger partial charge in [-0.15, -0.1) is 6.58 Å². The van der Waals surface area contributed by atoms with Crippen LogP contribution in [0.15, 0.2) is 67.3 Å². The molecule has 194 valence electrons. The standard InChI is InChI=1S/C28H32N4O5/c1-3-15-31-27(35)23-14-9-20(26(34)29-17-19-7-5-4-6-8-19)16-24(23)32(28(31)36)18-25(33)30-21-10-12-22(37-2)13-11-21/h3-8,10-13,20,23-24H,1,9,14-18H2,2H3,(H,29,34)(H,30,33). The van der Waals surface area contributed by atoms with Gasteiger partial charge >= 0.3 is 6.03 Å². The van der Waals surface area contributed by atoms with Gasteiger partial charge in [-0.25, -0.2) is 4.79 Å². The molecule has 3 atom stereocenters. The van der Waals surface area contributed by atoms with Gasteiger partial charge in [0.15, 0.2) is 0 Å². The summed E-state index contributed by atoms with van der Waals surface area (Å²) in [7, 11) is 1.56. The molecule has 2 aromatic carbocycles. The fourth-order valence-corrected chi connectivity index (χ4v) is 5.05. The first kappa shape index (κ1) is 25.9. The molecule has 1 aliphatic carbocycles. The number of carbonyl (C=O) groups excluding carboxylic acids is 4. The number of anilines is 1. The summed E-state index contributed by atoms with van der Waals surface area (Å²) in [4.78, 5) is 55.0. The molecule has 0 spiro atoms. The van der Waals surface area contributed by atoms with Gasteiger partial charge in [0.05, 0.1) is 13.0 Å². The number of nitrogens with one attached hydrogen (secondary N) is 2. The number of imide groups is 1. The second kappa shape index (κ2) is 11.7. The number of carbonyl (C=O) groups is 4. The third-order valence-corrected chi connectivity index (χ3v) is 6.96. The Hall–Kier alpha value is -4.14. The maximum atomic E-state index is 13.3. The summed E-state index contributed by atoms with van der Waals surface area (Å²) in [5.41, 5.74) is 1.55. The Balaban J connectivity index is 1.47. The lowest BCUT2D eigenvalue weighted by Gasteiger charge is -2.47. The molecule has 0 aromatic heterocycles. The number of hydrogen-bond donors (Lipinski definition) is 2. The fourth-order valence-electron chi connectivity index (χ4n) is 5.05. The van der Waals surface area contributed by atoms with Crippen LogP contribution in [0, 0.1) is 11.8 Å². The van der Waals surface area contributed by atoms with Crippen LogP contribution in [-0.4, -0.2) is 59.8 Å². The SMILES string of the molecule is C=CCN1C(=O)C2CCC(C(=O)NCc3ccccc3)CC2N(CC(=O)Nc2ccc(OC)cc2)C1=O. The number of fused-ring (bicyclic) bond motifs is 1. The van der Waals surface area contributed by atoms with E-state index in [9.17, 15) is 19.2 Å². The van der Waals surface area contributed by atoms with E-state index < -0.39 is 18.0 Å². The number of benzene rings is 2. The molecule has 1 aliphatic heterocycles. The van der Waals surface area contributed by atoms with E-state index in [0.717, 1.165) is 10.5 Å². The van der Waals surface area contributed by atoms with Crippen LogP contribution in [0.5, 0.6) is 5.75 Å². The average molecular weight is 505 g/mol. The van der Waals surface area contributed by atoms with Crippen molar-refractivity contribution >= 4 is 29.4 Å². The molecule has 0 radical (unpaired) electrons. The zero-order valence-corrected chi connectivity index (χ0v) is 20.9. The summed E-state index contributed by atoms with van der Waals surface area (Å²) in [6.07, 6.45) is 2.81. The van der Waals surface area contributed by atoms with Gasteiger partial charge in [0.1, 0.15) is 12.3 Å². The highest BCUT2D eigenvalue weighted by Crippen LogP contribution is 2.37. The van der Waals surface area contributed by atoms with Crippen molar-refractivity contribution in [2.75, 3.05) is 25.5 Å². The Morgan fingerprint density at radius 3 is 2.49 bits per heavy atom. The Morgan fingerprint density at radius 1 is 1.08 bits per heavy atom. The summed E-state index contributed by atoms with van der Waals surface area (Å²) in [5, 5.41) is 5.77. The number of methoxy groups -OCH3 is 1. The summed E-state index contributed by atoms with van der Waals surface area (Å²) in [5.74, 6) is -0.943. The van der Waals surface area contributed by atoms with Gasteiger partial charge in [-0.05, 0) is 49.1 Å². The highest BCUT2D eigenvalue weighted by atomic mass is 16.5. The van der Waals surface area contributed by atoms with Crippen molar-refractivity contribution in [3.63, 3.8) is 0 Å². The van der Waals surface area contributed by atoms with Crippen LogP contribution in [0.3, 0.4) is 0 Å². The van der Waals surface area contributed by atoms with E-state index in [1.807, 2.05) is 30.3 Å². The maximum absolute atomic E-state index is 13.3. The first-order valence-electron chi connectivity index (χ1n) is 12.4. The van der Waals surface area contributed by atoms with Crippen molar-refractivity contribution in [3.05, 3.63) is 72.8 Å². The van der Waals surface area contributed by atoms with Crippen molar-refractivity contribution in [2.45, 2.75) is 31.8 Å². The van der Waals surface area contributed by atoms with Crippen LogP contribution in [0.2, 0.25) is 0 Å². The molecule has 2 aliphatic rings. The highest BCUT2D eigenvalue weighted by molar-refractivity contribution is 6.02. The normalized spacial score (nSPS) is 21.2. The molecule has 2 fully saturated rings. The number of rotatable bonds is 9. The lowest BCUT2D eigenvalue weighted by Crippen LogP contribution is -2.64. The largest absolute Gasteiger partial charge is 0.497 e. The van der Waals surface area contributed by atoms with Gasteiger partial charge in [-0.1, -0.05) is 36.4 Å². The monoisotopic (exact) mass is 504 g/mol. The second-order valence-electron chi connectivity index (χ2n) is 9.31. The fraction of sp³-hybridized carbons (Fsp3) is 0.357. The molecule has 2 N–H and O–H groups in total. The highest BCUT2D eigenvalue weighted by Gasteiger charge is 2.49. The van der Waals surface area contributed by atoms with Gasteiger partial charge in [-0.3, -0.25) is 19.3 Å². The maximum Gasteiger partial charge on any atom is 0.327 e. The number of ether oxygens (including phenoxy) is 1. The van der Waals surface area contributed by atoms with Crippen molar-refractivity contribution in [2.24, 2.45) is 11.8 Å². The summed E-state index contributed by atoms with van der Waals surface area (Å²) in [6, 6.07) is 15.4. The first-order valence-corrected chi connectivity index (χ1v) is 12.4. The molecular weight excluding hydrogens is 472 g/mol. The van der Waals surface area contributed by atoms with E-state index in [1.165, 1.54) is 11.0 Å². The Bertz CT molecular complexity index is 1150. The smallest absolute Gasteiger partial charge is 0.327 e. The lowest BCUT2D eigenvalue weighted by molar-refractivity contribution is -0.144. The van der Waals surface area contributed by atoms with Crippen LogP contribution in [-0.2, 0) is 20.9 Å². The topological polar surface area (TPSA) is 108 Å². The van der Waals surface area contributed by atoms with Crippen LogP contribution in [0.25, 0.3) is 0 Å². The second-order valence-corrected chi connectivity index (χ2v) is 9.31. The first-order chi connectivity index (χ1) is 17.9. The number of hydrogen-bond acceptors (Lipinski definition) is 5. The predicted molar refractivity (Wildman–Crippen MR) is 139 cm³/mol. The van der Waals surface area contributed by atoms with E-state index in [1.54, 1.807) is 31.4 Å². The molecule has 5 amide bonds. The van der Waals surface area contributed by atoms with Crippen molar-refractivity contribution in [1.82, 2.24) is 15.1 Å². The van der Waals surface area contributed by atoms with E-state index in [2.05, 4.69) is 17.2 Å². The summed E-state index contributed by atoms with van der Waals surface area (Å²) in [6.45, 7) is 3.90. The zero-order chi connectivity index (χ0) is 26.4. The van der Waals surface area contributed by atoms with Gasteiger partial charge in [0, 0.05) is 30.7 Å². The van der Waals surface area contributed by atoms with Crippen LogP contribution in [0.1, 0.15) is 24.8 Å². The average Bonchev–Trinajstić information content (AvgIpc) is 2.92. The predicted octanol–water partition coefficient (Wildman–Crippen LogP) is 3.19. The van der Waals surface area contributed by atoms with Crippen LogP contribution >= 0.6 is 0 Å². The molecule has 3 unspecified atom stereocenters. The molecular formula is C28H32N4O5. The molecule has 37 heavy (non-hydrogen) atoms. The summed E-state index contributed by atoms with van der Waals surface area (Å²) < 4.78 is 5.14. The molecule has 1 heterocycles. The van der Waals surface area contributed by atoms with Crippen LogP contribution < -0.4 is 15.4 Å². The van der Waals surface area contributed by atoms with Gasteiger partial charge in [-0.2, -0.15) is 0 Å². The van der Waals surface area contributed by atoms with Crippen LogP contribution in [0.4, 0.5) is 10.5 Å². The van der Waals surface area contributed by atoms with Gasteiger partial charge in [0.25, 0.3) is 0 Å². The lowest BCUT2D eigenvalue weighted by atomic mass is 9.75. The number of urea groups is 1. The van der Waals surface area contributed by atoms with Crippen molar-refractivity contribution in [3.8, 4) is 5.75 Å². The van der Waals surface area contributed by atoms with E-state index in [4.69, 9.17) is 4.74 Å². The minimum Gasteiger partial charge on any atom is -0.497 e. The molecule has 1 saturated heterocycles. The van der Waals surface area contributed by atoms with Gasteiger partial charge in [0.2, 0.25) is 17.7 Å². The van der Waals surface area contributed by atoms with E-state index in [-0.39, 0.29) is 36.7 Å². The number of nitrogens with zero attached hydrogens (tertiary/aromatic N) is 2. The Labute approximate surface area is 216 Å². The molecule has 4 rings (SSSR count). The van der Waals surface area contributed by atoms with E-state index in [0.29, 0.717) is 37.2 Å². The molecule has 0 bridgehead atoms. The van der Waals surface area contributed by atoms with Gasteiger partial charge < -0.3 is 20.3 Å². The number of amides is 5. The van der Waals surface area contributed by atoms with E-state index >= 15 is 0 Å². The van der Waals surface area contributed by atoms with Crippen molar-refractivity contribution < 1.29 is 23.9 Å². The third kappa shape index (κ3) is 5.99. The molecule has 2 aromatic rings. The minimum absolute atomic E-state index is 0.0679. The zero-order valence-electron chi connectivity index (χ0n) is 20.9. The molecule has 9 heteroatoms. The quantitative estimate of drug-likeness (QED) is 0.510. The summed E-state index contributed by atoms with van der Waals surface area (Å²) >= 11 is 0. The van der Waals surface area contributed by atoms with Crippen molar-refractivity contribution in [1.29, 1.82) is 0 Å². The Morgan fingerprint density at radius 2 is 1.81 bits per heavy atom. The Kier molecular flexibility index (Phi) is 8.22. The third-order valence-electron chi connectivity index (χ3n) is 6.96. The molecule has 1 saturated carbocycles. The molecule has 9 nitrogen and oxygen atoms in total.